The van der Waals surface area contributed by atoms with Gasteiger partial charge in [0.25, 0.3) is 0 Å². The third-order valence-corrected chi connectivity index (χ3v) is 2.49. The van der Waals surface area contributed by atoms with Gasteiger partial charge in [-0.25, -0.2) is 0 Å². The maximum Gasteiger partial charge on any atom is 0.417 e. The molecule has 0 saturated carbocycles. The van der Waals surface area contributed by atoms with E-state index in [0.717, 1.165) is 6.07 Å². The van der Waals surface area contributed by atoms with Crippen LogP contribution in [0, 0.1) is 0 Å². The molecule has 4 nitrogen and oxygen atoms in total. The summed E-state index contributed by atoms with van der Waals surface area (Å²) in [5, 5.41) is 6.03. The number of anilines is 1. The standard InChI is InChI=1S/C11H10F3N3O/c1-18-8-4-2-3-7(11(12,13)14)9(8)6-5-16-17-10(6)15/h2-5H,1H3,(H3,15,16,17). The van der Waals surface area contributed by atoms with Crippen LogP contribution in [0.5, 0.6) is 5.75 Å². The summed E-state index contributed by atoms with van der Waals surface area (Å²) in [6.45, 7) is 0. The molecule has 0 amide bonds. The molecule has 7 heteroatoms. The number of nitrogens with two attached hydrogens (primary N) is 1. The smallest absolute Gasteiger partial charge is 0.417 e. The van der Waals surface area contributed by atoms with Crippen molar-refractivity contribution in [2.24, 2.45) is 0 Å². The van der Waals surface area contributed by atoms with E-state index in [1.807, 2.05) is 0 Å². The third-order valence-electron chi connectivity index (χ3n) is 2.49. The van der Waals surface area contributed by atoms with Crippen LogP contribution in [-0.2, 0) is 6.18 Å². The maximum absolute atomic E-state index is 13.0. The van der Waals surface area contributed by atoms with Crippen molar-refractivity contribution in [3.63, 3.8) is 0 Å². The molecule has 2 aromatic rings. The zero-order valence-electron chi connectivity index (χ0n) is 9.38. The minimum absolute atomic E-state index is 0.0602. The van der Waals surface area contributed by atoms with Crippen LogP contribution in [0.4, 0.5) is 19.0 Å². The molecule has 3 N–H and O–H groups in total. The molecule has 0 saturated heterocycles. The molecule has 96 valence electrons. The molecule has 18 heavy (non-hydrogen) atoms. The number of nitrogens with zero attached hydrogens (tertiary/aromatic N) is 1. The number of methoxy groups -OCH3 is 1. The van der Waals surface area contributed by atoms with E-state index in [2.05, 4.69) is 10.2 Å². The van der Waals surface area contributed by atoms with E-state index in [-0.39, 0.29) is 22.7 Å². The molecule has 1 heterocycles. The molecule has 0 atom stereocenters. The molecule has 0 aliphatic heterocycles. The number of H-pyrrole nitrogens is 1. The molecule has 0 fully saturated rings. The van der Waals surface area contributed by atoms with Crippen LogP contribution in [0.1, 0.15) is 5.56 Å². The summed E-state index contributed by atoms with van der Waals surface area (Å²) in [5.74, 6) is 0.155. The van der Waals surface area contributed by atoms with Crippen molar-refractivity contribution in [2.75, 3.05) is 12.8 Å². The molecule has 2 rings (SSSR count). The summed E-state index contributed by atoms with van der Waals surface area (Å²) in [4.78, 5) is 0. The number of alkyl halides is 3. The summed E-state index contributed by atoms with van der Waals surface area (Å²) in [6, 6.07) is 3.70. The fourth-order valence-electron chi connectivity index (χ4n) is 1.71. The fourth-order valence-corrected chi connectivity index (χ4v) is 1.71. The van der Waals surface area contributed by atoms with E-state index in [1.54, 1.807) is 0 Å². The van der Waals surface area contributed by atoms with Gasteiger partial charge in [-0.2, -0.15) is 18.3 Å². The maximum atomic E-state index is 13.0. The van der Waals surface area contributed by atoms with Gasteiger partial charge in [0.05, 0.1) is 18.9 Å². The Bertz CT molecular complexity index is 563. The van der Waals surface area contributed by atoms with Crippen molar-refractivity contribution in [1.29, 1.82) is 0 Å². The lowest BCUT2D eigenvalue weighted by Crippen LogP contribution is -2.08. The van der Waals surface area contributed by atoms with Gasteiger partial charge in [-0.15, -0.1) is 0 Å². The first-order chi connectivity index (χ1) is 8.45. The SMILES string of the molecule is COc1cccc(C(F)(F)F)c1-c1cn[nH]c1N. The van der Waals surface area contributed by atoms with Crippen LogP contribution < -0.4 is 10.5 Å². The Kier molecular flexibility index (Phi) is 2.90. The van der Waals surface area contributed by atoms with Crippen molar-refractivity contribution >= 4 is 5.82 Å². The minimum atomic E-state index is -4.49. The summed E-state index contributed by atoms with van der Waals surface area (Å²) < 4.78 is 43.8. The predicted octanol–water partition coefficient (Wildman–Crippen LogP) is 2.69. The van der Waals surface area contributed by atoms with Gasteiger partial charge in [-0.3, -0.25) is 5.10 Å². The van der Waals surface area contributed by atoms with Gasteiger partial charge in [0.1, 0.15) is 11.6 Å². The average Bonchev–Trinajstić information content (AvgIpc) is 2.73. The number of halogens is 3. The van der Waals surface area contributed by atoms with Crippen molar-refractivity contribution in [3.8, 4) is 16.9 Å². The first-order valence-corrected chi connectivity index (χ1v) is 4.98. The number of nitrogen functional groups attached to an aromatic ring is 1. The highest BCUT2D eigenvalue weighted by molar-refractivity contribution is 5.81. The fraction of sp³-hybridized carbons (Fsp3) is 0.182. The summed E-state index contributed by atoms with van der Waals surface area (Å²) in [6.07, 6.45) is -3.25. The predicted molar refractivity (Wildman–Crippen MR) is 60.0 cm³/mol. The largest absolute Gasteiger partial charge is 0.496 e. The number of rotatable bonds is 2. The van der Waals surface area contributed by atoms with Crippen molar-refractivity contribution in [2.45, 2.75) is 6.18 Å². The second kappa shape index (κ2) is 4.25. The van der Waals surface area contributed by atoms with Crippen molar-refractivity contribution in [1.82, 2.24) is 10.2 Å². The van der Waals surface area contributed by atoms with Crippen LogP contribution in [-0.4, -0.2) is 17.3 Å². The molecule has 0 aliphatic rings. The van der Waals surface area contributed by atoms with Crippen LogP contribution in [0.3, 0.4) is 0 Å². The molecule has 0 bridgehead atoms. The lowest BCUT2D eigenvalue weighted by atomic mass is 10.00. The number of hydrogen-bond acceptors (Lipinski definition) is 3. The van der Waals surface area contributed by atoms with E-state index in [4.69, 9.17) is 10.5 Å². The average molecular weight is 257 g/mol. The number of benzene rings is 1. The van der Waals surface area contributed by atoms with Gasteiger partial charge < -0.3 is 10.5 Å². The van der Waals surface area contributed by atoms with E-state index >= 15 is 0 Å². The van der Waals surface area contributed by atoms with Crippen molar-refractivity contribution in [3.05, 3.63) is 30.0 Å². The number of ether oxygens (including phenoxy) is 1. The Labute approximate surface area is 101 Å². The summed E-state index contributed by atoms with van der Waals surface area (Å²) in [7, 11) is 1.30. The highest BCUT2D eigenvalue weighted by Gasteiger charge is 2.35. The number of aromatic amines is 1. The molecule has 1 aromatic heterocycles. The summed E-state index contributed by atoms with van der Waals surface area (Å²) in [5.41, 5.74) is 4.81. The summed E-state index contributed by atoms with van der Waals surface area (Å²) >= 11 is 0. The first kappa shape index (κ1) is 12.3. The second-order valence-corrected chi connectivity index (χ2v) is 3.58. The molecule has 0 spiro atoms. The van der Waals surface area contributed by atoms with Gasteiger partial charge in [-0.05, 0) is 12.1 Å². The van der Waals surface area contributed by atoms with E-state index < -0.39 is 11.7 Å². The van der Waals surface area contributed by atoms with E-state index in [0.29, 0.717) is 0 Å². The molecule has 0 radical (unpaired) electrons. The Morgan fingerprint density at radius 2 is 2.06 bits per heavy atom. The first-order valence-electron chi connectivity index (χ1n) is 4.98. The van der Waals surface area contributed by atoms with Crippen LogP contribution in [0.2, 0.25) is 0 Å². The Balaban J connectivity index is 2.74. The van der Waals surface area contributed by atoms with E-state index in [9.17, 15) is 13.2 Å². The normalized spacial score (nSPS) is 11.6. The third kappa shape index (κ3) is 1.99. The Morgan fingerprint density at radius 3 is 2.56 bits per heavy atom. The zero-order valence-corrected chi connectivity index (χ0v) is 9.38. The minimum Gasteiger partial charge on any atom is -0.496 e. The molecular weight excluding hydrogens is 247 g/mol. The van der Waals surface area contributed by atoms with E-state index in [1.165, 1.54) is 25.4 Å². The quantitative estimate of drug-likeness (QED) is 0.869. The number of hydrogen-bond donors (Lipinski definition) is 2. The molecule has 0 aliphatic carbocycles. The Morgan fingerprint density at radius 1 is 1.33 bits per heavy atom. The van der Waals surface area contributed by atoms with Crippen LogP contribution >= 0.6 is 0 Å². The van der Waals surface area contributed by atoms with Crippen LogP contribution in [0.25, 0.3) is 11.1 Å². The van der Waals surface area contributed by atoms with Crippen LogP contribution in [0.15, 0.2) is 24.4 Å². The number of aromatic nitrogens is 2. The number of nitrogens with one attached hydrogen (secondary N) is 1. The molecule has 0 unspecified atom stereocenters. The second-order valence-electron chi connectivity index (χ2n) is 3.58. The van der Waals surface area contributed by atoms with Crippen molar-refractivity contribution < 1.29 is 17.9 Å². The topological polar surface area (TPSA) is 63.9 Å². The lowest BCUT2D eigenvalue weighted by molar-refractivity contribution is -0.137. The lowest BCUT2D eigenvalue weighted by Gasteiger charge is -2.15. The molecular formula is C11H10F3N3O. The van der Waals surface area contributed by atoms with Gasteiger partial charge >= 0.3 is 6.18 Å². The van der Waals surface area contributed by atoms with Gasteiger partial charge in [0.2, 0.25) is 0 Å². The Hall–Kier alpha value is -2.18. The monoisotopic (exact) mass is 257 g/mol. The van der Waals surface area contributed by atoms with Gasteiger partial charge in [0, 0.05) is 11.1 Å². The highest BCUT2D eigenvalue weighted by Crippen LogP contribution is 2.43. The van der Waals surface area contributed by atoms with Gasteiger partial charge in [0.15, 0.2) is 0 Å². The zero-order chi connectivity index (χ0) is 13.3. The highest BCUT2D eigenvalue weighted by atomic mass is 19.4. The molecule has 1 aromatic carbocycles. The van der Waals surface area contributed by atoms with Gasteiger partial charge in [-0.1, -0.05) is 6.07 Å².